The van der Waals surface area contributed by atoms with Crippen molar-refractivity contribution in [3.05, 3.63) is 29.3 Å². The SMILES string of the molecule is CCC(=Cc1ccc2c(c1)OCCCO2)CNC1CC1. The quantitative estimate of drug-likeness (QED) is 0.892. The van der Waals surface area contributed by atoms with Crippen molar-refractivity contribution in [3.8, 4) is 11.5 Å². The van der Waals surface area contributed by atoms with Gasteiger partial charge in [-0.2, -0.15) is 0 Å². The Morgan fingerprint density at radius 1 is 1.25 bits per heavy atom. The number of fused-ring (bicyclic) bond motifs is 1. The zero-order valence-corrected chi connectivity index (χ0v) is 12.2. The minimum atomic E-state index is 0.740. The van der Waals surface area contributed by atoms with Gasteiger partial charge in [0.1, 0.15) is 0 Å². The monoisotopic (exact) mass is 273 g/mol. The lowest BCUT2D eigenvalue weighted by molar-refractivity contribution is 0.297. The highest BCUT2D eigenvalue weighted by Crippen LogP contribution is 2.31. The van der Waals surface area contributed by atoms with E-state index < -0.39 is 0 Å². The number of ether oxygens (including phenoxy) is 2. The fraction of sp³-hybridized carbons (Fsp3) is 0.529. The lowest BCUT2D eigenvalue weighted by Crippen LogP contribution is -2.18. The third-order valence-corrected chi connectivity index (χ3v) is 3.79. The van der Waals surface area contributed by atoms with Crippen molar-refractivity contribution in [3.63, 3.8) is 0 Å². The van der Waals surface area contributed by atoms with Crippen LogP contribution in [0.1, 0.15) is 38.2 Å². The summed E-state index contributed by atoms with van der Waals surface area (Å²) in [7, 11) is 0. The molecular weight excluding hydrogens is 250 g/mol. The molecule has 0 aromatic heterocycles. The summed E-state index contributed by atoms with van der Waals surface area (Å²) in [4.78, 5) is 0. The average Bonchev–Trinajstić information content (AvgIpc) is 3.29. The minimum absolute atomic E-state index is 0.740. The van der Waals surface area contributed by atoms with E-state index in [4.69, 9.17) is 9.47 Å². The number of rotatable bonds is 5. The summed E-state index contributed by atoms with van der Waals surface area (Å²) in [6, 6.07) is 6.98. The van der Waals surface area contributed by atoms with E-state index in [1.54, 1.807) is 0 Å². The van der Waals surface area contributed by atoms with Crippen LogP contribution in [0.15, 0.2) is 23.8 Å². The molecule has 0 bridgehead atoms. The Labute approximate surface area is 121 Å². The Hall–Kier alpha value is -1.48. The molecule has 1 aliphatic heterocycles. The van der Waals surface area contributed by atoms with Crippen molar-refractivity contribution >= 4 is 6.08 Å². The first-order chi connectivity index (χ1) is 9.85. The molecule has 1 fully saturated rings. The van der Waals surface area contributed by atoms with E-state index in [0.29, 0.717) is 0 Å². The molecule has 3 heteroatoms. The maximum atomic E-state index is 5.74. The highest BCUT2D eigenvalue weighted by Gasteiger charge is 2.20. The van der Waals surface area contributed by atoms with Gasteiger partial charge in [0.05, 0.1) is 13.2 Å². The molecule has 20 heavy (non-hydrogen) atoms. The van der Waals surface area contributed by atoms with E-state index in [-0.39, 0.29) is 0 Å². The topological polar surface area (TPSA) is 30.5 Å². The van der Waals surface area contributed by atoms with Crippen molar-refractivity contribution < 1.29 is 9.47 Å². The van der Waals surface area contributed by atoms with Crippen LogP contribution in [0.25, 0.3) is 6.08 Å². The third-order valence-electron chi connectivity index (χ3n) is 3.79. The minimum Gasteiger partial charge on any atom is -0.490 e. The standard InChI is InChI=1S/C17H23NO2/c1-2-13(12-18-15-5-6-15)10-14-4-7-16-17(11-14)20-9-3-8-19-16/h4,7,10-11,15,18H,2-3,5-6,8-9,12H2,1H3. The van der Waals surface area contributed by atoms with E-state index in [1.165, 1.54) is 24.0 Å². The molecule has 1 aromatic carbocycles. The molecule has 1 aromatic rings. The van der Waals surface area contributed by atoms with Crippen LogP contribution in [0, 0.1) is 0 Å². The zero-order valence-electron chi connectivity index (χ0n) is 12.2. The van der Waals surface area contributed by atoms with Gasteiger partial charge >= 0.3 is 0 Å². The van der Waals surface area contributed by atoms with Crippen LogP contribution >= 0.6 is 0 Å². The van der Waals surface area contributed by atoms with Crippen LogP contribution in [0.4, 0.5) is 0 Å². The second kappa shape index (κ2) is 6.31. The highest BCUT2D eigenvalue weighted by molar-refractivity contribution is 5.58. The molecule has 3 rings (SSSR count). The van der Waals surface area contributed by atoms with Gasteiger partial charge in [0, 0.05) is 19.0 Å². The Bertz CT molecular complexity index is 492. The zero-order chi connectivity index (χ0) is 13.8. The first-order valence-corrected chi connectivity index (χ1v) is 7.67. The molecule has 3 nitrogen and oxygen atoms in total. The van der Waals surface area contributed by atoms with E-state index in [9.17, 15) is 0 Å². The van der Waals surface area contributed by atoms with Gasteiger partial charge in [0.2, 0.25) is 0 Å². The molecule has 1 heterocycles. The van der Waals surface area contributed by atoms with Crippen LogP contribution in [-0.4, -0.2) is 25.8 Å². The summed E-state index contributed by atoms with van der Waals surface area (Å²) in [5.74, 6) is 1.75. The van der Waals surface area contributed by atoms with E-state index in [0.717, 1.165) is 50.1 Å². The Morgan fingerprint density at radius 3 is 2.80 bits per heavy atom. The molecule has 1 aliphatic carbocycles. The number of nitrogens with one attached hydrogen (secondary N) is 1. The molecular formula is C17H23NO2. The second-order valence-corrected chi connectivity index (χ2v) is 5.57. The Kier molecular flexibility index (Phi) is 4.26. The summed E-state index contributed by atoms with van der Waals surface area (Å²) < 4.78 is 11.4. The van der Waals surface area contributed by atoms with Crippen molar-refractivity contribution in [1.82, 2.24) is 5.32 Å². The van der Waals surface area contributed by atoms with Gasteiger partial charge in [-0.15, -0.1) is 0 Å². The fourth-order valence-corrected chi connectivity index (χ4v) is 2.35. The summed E-state index contributed by atoms with van der Waals surface area (Å²) in [5.41, 5.74) is 2.63. The molecule has 0 saturated heterocycles. The maximum Gasteiger partial charge on any atom is 0.161 e. The largest absolute Gasteiger partial charge is 0.490 e. The first-order valence-electron chi connectivity index (χ1n) is 7.67. The molecule has 1 N–H and O–H groups in total. The van der Waals surface area contributed by atoms with Crippen LogP contribution in [0.2, 0.25) is 0 Å². The lowest BCUT2D eigenvalue weighted by Gasteiger charge is -2.09. The Balaban J connectivity index is 1.72. The van der Waals surface area contributed by atoms with Gasteiger partial charge < -0.3 is 14.8 Å². The van der Waals surface area contributed by atoms with Crippen molar-refractivity contribution in [2.75, 3.05) is 19.8 Å². The Morgan fingerprint density at radius 2 is 2.05 bits per heavy atom. The molecule has 0 amide bonds. The first kappa shape index (κ1) is 13.5. The fourth-order valence-electron chi connectivity index (χ4n) is 2.35. The predicted octanol–water partition coefficient (Wildman–Crippen LogP) is 3.39. The van der Waals surface area contributed by atoms with Crippen LogP contribution < -0.4 is 14.8 Å². The highest BCUT2D eigenvalue weighted by atomic mass is 16.5. The van der Waals surface area contributed by atoms with Crippen molar-refractivity contribution in [2.24, 2.45) is 0 Å². The summed E-state index contributed by atoms with van der Waals surface area (Å²) in [6.07, 6.45) is 6.96. The molecule has 0 spiro atoms. The van der Waals surface area contributed by atoms with Crippen LogP contribution in [-0.2, 0) is 0 Å². The van der Waals surface area contributed by atoms with Gasteiger partial charge in [-0.1, -0.05) is 24.6 Å². The van der Waals surface area contributed by atoms with Gasteiger partial charge in [0.25, 0.3) is 0 Å². The van der Waals surface area contributed by atoms with Crippen molar-refractivity contribution in [2.45, 2.75) is 38.6 Å². The summed E-state index contributed by atoms with van der Waals surface area (Å²) >= 11 is 0. The second-order valence-electron chi connectivity index (χ2n) is 5.57. The maximum absolute atomic E-state index is 5.74. The van der Waals surface area contributed by atoms with Crippen LogP contribution in [0.3, 0.4) is 0 Å². The van der Waals surface area contributed by atoms with Crippen molar-refractivity contribution in [1.29, 1.82) is 0 Å². The molecule has 2 aliphatic rings. The van der Waals surface area contributed by atoms with Crippen LogP contribution in [0.5, 0.6) is 11.5 Å². The third kappa shape index (κ3) is 3.54. The van der Waals surface area contributed by atoms with Gasteiger partial charge in [0.15, 0.2) is 11.5 Å². The van der Waals surface area contributed by atoms with E-state index in [2.05, 4.69) is 30.4 Å². The smallest absolute Gasteiger partial charge is 0.161 e. The van der Waals surface area contributed by atoms with Gasteiger partial charge in [-0.05, 0) is 37.0 Å². The van der Waals surface area contributed by atoms with E-state index >= 15 is 0 Å². The summed E-state index contributed by atoms with van der Waals surface area (Å²) in [5, 5.41) is 3.58. The number of benzene rings is 1. The molecule has 0 unspecified atom stereocenters. The summed E-state index contributed by atoms with van der Waals surface area (Å²) in [6.45, 7) is 4.69. The number of hydrogen-bond acceptors (Lipinski definition) is 3. The number of hydrogen-bond donors (Lipinski definition) is 1. The van der Waals surface area contributed by atoms with Gasteiger partial charge in [-0.25, -0.2) is 0 Å². The van der Waals surface area contributed by atoms with Gasteiger partial charge in [-0.3, -0.25) is 0 Å². The average molecular weight is 273 g/mol. The lowest BCUT2D eigenvalue weighted by atomic mass is 10.1. The molecule has 0 atom stereocenters. The van der Waals surface area contributed by atoms with E-state index in [1.807, 2.05) is 6.07 Å². The predicted molar refractivity (Wildman–Crippen MR) is 81.3 cm³/mol. The molecule has 108 valence electrons. The normalized spacial score (nSPS) is 18.8. The molecule has 1 saturated carbocycles. The molecule has 0 radical (unpaired) electrons.